The molecule has 5 nitrogen and oxygen atoms in total. The van der Waals surface area contributed by atoms with Crippen molar-refractivity contribution < 1.29 is 23.9 Å². The van der Waals surface area contributed by atoms with E-state index in [1.165, 1.54) is 0 Å². The fraction of sp³-hybridized carbons (Fsp3) is 0.591. The molecule has 1 aromatic carbocycles. The van der Waals surface area contributed by atoms with E-state index < -0.39 is 29.1 Å². The average Bonchev–Trinajstić information content (AvgIpc) is 2.60. The van der Waals surface area contributed by atoms with Gasteiger partial charge in [-0.15, -0.1) is 0 Å². The van der Waals surface area contributed by atoms with Crippen LogP contribution in [0.25, 0.3) is 0 Å². The van der Waals surface area contributed by atoms with Gasteiger partial charge in [0.05, 0.1) is 18.6 Å². The van der Waals surface area contributed by atoms with Gasteiger partial charge in [0, 0.05) is 0 Å². The molecule has 0 N–H and O–H groups in total. The van der Waals surface area contributed by atoms with Gasteiger partial charge >= 0.3 is 11.9 Å². The Kier molecular flexibility index (Phi) is 8.20. The van der Waals surface area contributed by atoms with Gasteiger partial charge in [-0.3, -0.25) is 14.4 Å². The molecule has 0 bridgehead atoms. The number of hydrogen-bond donors (Lipinski definition) is 0. The summed E-state index contributed by atoms with van der Waals surface area (Å²) in [6.07, 6.45) is 1.26. The van der Waals surface area contributed by atoms with Crippen molar-refractivity contribution in [3.63, 3.8) is 0 Å². The highest BCUT2D eigenvalue weighted by Gasteiger charge is 2.47. The van der Waals surface area contributed by atoms with E-state index in [0.717, 1.165) is 12.0 Å². The molecule has 150 valence electrons. The molecule has 5 heteroatoms. The first-order valence-corrected chi connectivity index (χ1v) is 9.50. The number of Topliss-reactive ketones (excluding diaryl/α,β-unsaturated/α-hetero) is 1. The maximum Gasteiger partial charge on any atom is 0.328 e. The molecule has 1 atom stereocenters. The third-order valence-electron chi connectivity index (χ3n) is 4.64. The summed E-state index contributed by atoms with van der Waals surface area (Å²) in [5, 5.41) is 0. The Labute approximate surface area is 162 Å². The molecule has 0 saturated heterocycles. The lowest BCUT2D eigenvalue weighted by Crippen LogP contribution is -2.46. The second-order valence-electron chi connectivity index (χ2n) is 8.06. The summed E-state index contributed by atoms with van der Waals surface area (Å²) in [5.74, 6) is -3.75. The minimum absolute atomic E-state index is 0.000325. The highest BCUT2D eigenvalue weighted by atomic mass is 16.6. The van der Waals surface area contributed by atoms with Crippen LogP contribution in [0.3, 0.4) is 0 Å². The third kappa shape index (κ3) is 6.19. The lowest BCUT2D eigenvalue weighted by Gasteiger charge is -2.33. The quantitative estimate of drug-likeness (QED) is 0.480. The molecule has 0 spiro atoms. The third-order valence-corrected chi connectivity index (χ3v) is 4.64. The predicted molar refractivity (Wildman–Crippen MR) is 104 cm³/mol. The number of ether oxygens (including phenoxy) is 2. The van der Waals surface area contributed by atoms with Crippen molar-refractivity contribution in [1.29, 1.82) is 0 Å². The highest BCUT2D eigenvalue weighted by molar-refractivity contribution is 6.18. The Morgan fingerprint density at radius 2 is 1.33 bits per heavy atom. The van der Waals surface area contributed by atoms with Gasteiger partial charge in [-0.05, 0) is 44.6 Å². The topological polar surface area (TPSA) is 69.7 Å². The largest absolute Gasteiger partial charge is 0.465 e. The molecular formula is C22H32O5. The van der Waals surface area contributed by atoms with Crippen LogP contribution in [0, 0.1) is 11.3 Å². The van der Waals surface area contributed by atoms with Gasteiger partial charge < -0.3 is 9.47 Å². The van der Waals surface area contributed by atoms with Gasteiger partial charge in [-0.2, -0.15) is 0 Å². The van der Waals surface area contributed by atoms with Crippen molar-refractivity contribution in [3.05, 3.63) is 35.9 Å². The summed E-state index contributed by atoms with van der Waals surface area (Å²) >= 11 is 0. The van der Waals surface area contributed by atoms with Gasteiger partial charge in [-0.1, -0.05) is 51.1 Å². The zero-order valence-corrected chi connectivity index (χ0v) is 17.3. The van der Waals surface area contributed by atoms with E-state index in [1.807, 2.05) is 30.3 Å². The molecule has 0 fully saturated rings. The van der Waals surface area contributed by atoms with Crippen LogP contribution in [0.5, 0.6) is 0 Å². The minimum atomic E-state index is -1.57. The molecule has 0 aliphatic heterocycles. The van der Waals surface area contributed by atoms with Crippen molar-refractivity contribution >= 4 is 17.7 Å². The summed E-state index contributed by atoms with van der Waals surface area (Å²) in [4.78, 5) is 38.4. The normalized spacial score (nSPS) is 13.7. The number of esters is 2. The van der Waals surface area contributed by atoms with Gasteiger partial charge in [0.15, 0.2) is 5.78 Å². The van der Waals surface area contributed by atoms with E-state index in [4.69, 9.17) is 9.47 Å². The monoisotopic (exact) mass is 376 g/mol. The van der Waals surface area contributed by atoms with Crippen LogP contribution in [-0.2, 0) is 29.3 Å². The van der Waals surface area contributed by atoms with E-state index in [-0.39, 0.29) is 18.6 Å². The fourth-order valence-corrected chi connectivity index (χ4v) is 2.92. The Morgan fingerprint density at radius 3 is 1.74 bits per heavy atom. The van der Waals surface area contributed by atoms with E-state index >= 15 is 0 Å². The zero-order valence-electron chi connectivity index (χ0n) is 17.3. The Morgan fingerprint density at radius 1 is 0.852 bits per heavy atom. The van der Waals surface area contributed by atoms with Crippen molar-refractivity contribution in [1.82, 2.24) is 0 Å². The summed E-state index contributed by atoms with van der Waals surface area (Å²) in [6.45, 7) is 11.5. The standard InChI is InChI=1S/C22H32O5/c1-7-26-19(24)17(20(25)27-8-2)18(23)22(6,15-14-21(3,4)5)16-12-10-9-11-13-16/h9-13,17H,7-8,14-15H2,1-6H3/t22-/m0/s1. The molecule has 0 radical (unpaired) electrons. The average molecular weight is 376 g/mol. The molecule has 0 heterocycles. The molecule has 0 aliphatic rings. The van der Waals surface area contributed by atoms with Crippen LogP contribution < -0.4 is 0 Å². The van der Waals surface area contributed by atoms with Crippen LogP contribution in [-0.4, -0.2) is 30.9 Å². The van der Waals surface area contributed by atoms with E-state index in [1.54, 1.807) is 20.8 Å². The van der Waals surface area contributed by atoms with E-state index in [9.17, 15) is 14.4 Å². The maximum absolute atomic E-state index is 13.5. The number of hydrogen-bond acceptors (Lipinski definition) is 5. The molecule has 0 aromatic heterocycles. The molecule has 1 aromatic rings. The van der Waals surface area contributed by atoms with E-state index in [2.05, 4.69) is 20.8 Å². The maximum atomic E-state index is 13.5. The fourth-order valence-electron chi connectivity index (χ4n) is 2.92. The number of ketones is 1. The SMILES string of the molecule is CCOC(=O)C(C(=O)OCC)C(=O)[C@@](C)(CCC(C)(C)C)c1ccccc1. The summed E-state index contributed by atoms with van der Waals surface area (Å²) < 4.78 is 10.0. The Hall–Kier alpha value is -2.17. The molecular weight excluding hydrogens is 344 g/mol. The van der Waals surface area contributed by atoms with Crippen molar-refractivity contribution in [3.8, 4) is 0 Å². The van der Waals surface area contributed by atoms with Crippen LogP contribution in [0.2, 0.25) is 0 Å². The molecule has 0 amide bonds. The first kappa shape index (κ1) is 22.9. The van der Waals surface area contributed by atoms with Gasteiger partial charge in [0.2, 0.25) is 5.92 Å². The Balaban J connectivity index is 3.36. The van der Waals surface area contributed by atoms with Gasteiger partial charge in [0.1, 0.15) is 0 Å². The summed E-state index contributed by atoms with van der Waals surface area (Å²) in [7, 11) is 0. The van der Waals surface area contributed by atoms with Crippen molar-refractivity contribution in [2.45, 2.75) is 59.8 Å². The van der Waals surface area contributed by atoms with Gasteiger partial charge in [-0.25, -0.2) is 0 Å². The first-order chi connectivity index (χ1) is 12.6. The summed E-state index contributed by atoms with van der Waals surface area (Å²) in [6, 6.07) is 9.28. The smallest absolute Gasteiger partial charge is 0.328 e. The number of rotatable bonds is 9. The number of carbonyl (C=O) groups excluding carboxylic acids is 3. The predicted octanol–water partition coefficient (Wildman–Crippen LogP) is 4.08. The second kappa shape index (κ2) is 9.67. The molecule has 0 saturated carbocycles. The van der Waals surface area contributed by atoms with Crippen molar-refractivity contribution in [2.24, 2.45) is 11.3 Å². The molecule has 0 aliphatic carbocycles. The van der Waals surface area contributed by atoms with Crippen LogP contribution >= 0.6 is 0 Å². The zero-order chi connectivity index (χ0) is 20.7. The number of carbonyl (C=O) groups is 3. The highest BCUT2D eigenvalue weighted by Crippen LogP contribution is 2.37. The van der Waals surface area contributed by atoms with Crippen LogP contribution in [0.15, 0.2) is 30.3 Å². The minimum Gasteiger partial charge on any atom is -0.465 e. The van der Waals surface area contributed by atoms with Crippen LogP contribution in [0.1, 0.15) is 59.9 Å². The molecule has 1 rings (SSSR count). The molecule has 27 heavy (non-hydrogen) atoms. The van der Waals surface area contributed by atoms with Crippen molar-refractivity contribution in [2.75, 3.05) is 13.2 Å². The summed E-state index contributed by atoms with van der Waals surface area (Å²) in [5.41, 5.74) is -0.226. The van der Waals surface area contributed by atoms with Crippen LogP contribution in [0.4, 0.5) is 0 Å². The number of benzene rings is 1. The van der Waals surface area contributed by atoms with Gasteiger partial charge in [0.25, 0.3) is 0 Å². The lowest BCUT2D eigenvalue weighted by atomic mass is 9.69. The molecule has 0 unspecified atom stereocenters. The Bertz CT molecular complexity index is 626. The van der Waals surface area contributed by atoms with E-state index in [0.29, 0.717) is 6.42 Å². The first-order valence-electron chi connectivity index (χ1n) is 9.50. The second-order valence-corrected chi connectivity index (χ2v) is 8.06. The lowest BCUT2D eigenvalue weighted by molar-refractivity contribution is -0.165.